The summed E-state index contributed by atoms with van der Waals surface area (Å²) in [6, 6.07) is 0. The van der Waals surface area contributed by atoms with Crippen molar-refractivity contribution in [2.24, 2.45) is 17.8 Å². The van der Waals surface area contributed by atoms with Gasteiger partial charge in [0.2, 0.25) is 0 Å². The van der Waals surface area contributed by atoms with Crippen molar-refractivity contribution >= 4 is 0 Å². The Morgan fingerprint density at radius 3 is 1.71 bits per heavy atom. The first-order valence-corrected chi connectivity index (χ1v) is 13.6. The quantitative estimate of drug-likeness (QED) is 0.243. The molecular formula is C31H54O3. The highest BCUT2D eigenvalue weighted by atomic mass is 16.5. The van der Waals surface area contributed by atoms with Gasteiger partial charge >= 0.3 is 0 Å². The normalized spacial score (nSPS) is 14.9. The molecule has 1 N–H and O–H groups in total. The van der Waals surface area contributed by atoms with Gasteiger partial charge < -0.3 is 14.6 Å². The topological polar surface area (TPSA) is 38.7 Å². The molecule has 3 heteroatoms. The van der Waals surface area contributed by atoms with Crippen molar-refractivity contribution < 1.29 is 14.6 Å². The van der Waals surface area contributed by atoms with E-state index in [0.717, 1.165) is 57.9 Å². The van der Waals surface area contributed by atoms with Crippen molar-refractivity contribution in [2.45, 2.75) is 119 Å². The average molecular weight is 475 g/mol. The highest BCUT2D eigenvalue weighted by Crippen LogP contribution is 2.41. The number of hydrogen-bond acceptors (Lipinski definition) is 3. The van der Waals surface area contributed by atoms with E-state index in [1.807, 2.05) is 26.8 Å². The number of methoxy groups -OCH3 is 2. The van der Waals surface area contributed by atoms with Gasteiger partial charge in [0.25, 0.3) is 0 Å². The minimum Gasteiger partial charge on any atom is -0.496 e. The van der Waals surface area contributed by atoms with Crippen LogP contribution in [0.1, 0.15) is 121 Å². The standard InChI is InChI=1S/C31H54O3/c1-21(2)14-11-15-22(3)16-12-17-23(4)18-13-19-24(5)20-28(32)29-27(8)30(33-9)25(6)26(7)31(29)34-10/h20-23,28,32H,11-19H2,1-10H3/t22?,23?,28-/m1/s1. The minimum absolute atomic E-state index is 0.697. The number of benzene rings is 1. The van der Waals surface area contributed by atoms with Crippen molar-refractivity contribution in [3.63, 3.8) is 0 Å². The SMILES string of the molecule is COc1c(C)c(C)c(OC)c([C@H](O)C=C(C)CCCC(C)CCCC(C)CCCC(C)C)c1C. The lowest BCUT2D eigenvalue weighted by atomic mass is 9.91. The molecule has 0 fully saturated rings. The smallest absolute Gasteiger partial charge is 0.128 e. The van der Waals surface area contributed by atoms with E-state index in [4.69, 9.17) is 9.47 Å². The Bertz CT molecular complexity index is 763. The molecule has 0 aromatic heterocycles. The van der Waals surface area contributed by atoms with E-state index in [9.17, 15) is 5.11 Å². The van der Waals surface area contributed by atoms with Gasteiger partial charge in [-0.05, 0) is 69.4 Å². The van der Waals surface area contributed by atoms with E-state index in [-0.39, 0.29) is 0 Å². The first-order chi connectivity index (χ1) is 16.0. The summed E-state index contributed by atoms with van der Waals surface area (Å²) < 4.78 is 11.3. The molecule has 1 aromatic rings. The molecule has 0 amide bonds. The highest BCUT2D eigenvalue weighted by molar-refractivity contribution is 5.59. The highest BCUT2D eigenvalue weighted by Gasteiger charge is 2.23. The Hall–Kier alpha value is -1.48. The fraction of sp³-hybridized carbons (Fsp3) is 0.742. The summed E-state index contributed by atoms with van der Waals surface area (Å²) in [5.41, 5.74) is 5.08. The number of aliphatic hydroxyl groups excluding tert-OH is 1. The molecule has 0 bridgehead atoms. The van der Waals surface area contributed by atoms with Gasteiger partial charge in [-0.3, -0.25) is 0 Å². The van der Waals surface area contributed by atoms with Gasteiger partial charge in [-0.25, -0.2) is 0 Å². The van der Waals surface area contributed by atoms with Crippen LogP contribution >= 0.6 is 0 Å². The second-order valence-electron chi connectivity index (χ2n) is 11.2. The summed E-state index contributed by atoms with van der Waals surface area (Å²) in [5.74, 6) is 4.07. The minimum atomic E-state index is -0.697. The Morgan fingerprint density at radius 2 is 1.21 bits per heavy atom. The average Bonchev–Trinajstić information content (AvgIpc) is 2.76. The Morgan fingerprint density at radius 1 is 0.735 bits per heavy atom. The van der Waals surface area contributed by atoms with Gasteiger partial charge in [0.05, 0.1) is 14.2 Å². The second kappa shape index (κ2) is 15.5. The molecular weight excluding hydrogens is 420 g/mol. The molecule has 0 spiro atoms. The predicted octanol–water partition coefficient (Wildman–Crippen LogP) is 9.05. The number of allylic oxidation sites excluding steroid dienone is 1. The Labute approximate surface area is 211 Å². The van der Waals surface area contributed by atoms with Gasteiger partial charge in [0.15, 0.2) is 0 Å². The Balaban J connectivity index is 2.56. The van der Waals surface area contributed by atoms with Gasteiger partial charge in [0.1, 0.15) is 17.6 Å². The molecule has 0 saturated heterocycles. The number of aliphatic hydroxyl groups is 1. The van der Waals surface area contributed by atoms with E-state index in [0.29, 0.717) is 0 Å². The van der Waals surface area contributed by atoms with Gasteiger partial charge in [0, 0.05) is 11.1 Å². The molecule has 34 heavy (non-hydrogen) atoms. The fourth-order valence-electron chi connectivity index (χ4n) is 5.19. The van der Waals surface area contributed by atoms with E-state index < -0.39 is 6.10 Å². The van der Waals surface area contributed by atoms with Crippen molar-refractivity contribution in [3.05, 3.63) is 33.9 Å². The molecule has 1 rings (SSSR count). The molecule has 0 heterocycles. The van der Waals surface area contributed by atoms with Crippen LogP contribution in [-0.2, 0) is 0 Å². The van der Waals surface area contributed by atoms with E-state index in [1.165, 1.54) is 56.9 Å². The molecule has 0 saturated carbocycles. The van der Waals surface area contributed by atoms with E-state index >= 15 is 0 Å². The van der Waals surface area contributed by atoms with Crippen molar-refractivity contribution in [1.29, 1.82) is 0 Å². The molecule has 0 aliphatic rings. The molecule has 1 aromatic carbocycles. The maximum Gasteiger partial charge on any atom is 0.128 e. The second-order valence-corrected chi connectivity index (χ2v) is 11.2. The van der Waals surface area contributed by atoms with Crippen LogP contribution in [0.2, 0.25) is 0 Å². The summed E-state index contributed by atoms with van der Waals surface area (Å²) in [4.78, 5) is 0. The lowest BCUT2D eigenvalue weighted by Crippen LogP contribution is -2.07. The largest absolute Gasteiger partial charge is 0.496 e. The lowest BCUT2D eigenvalue weighted by molar-refractivity contribution is 0.219. The van der Waals surface area contributed by atoms with Crippen LogP contribution in [0, 0.1) is 38.5 Å². The number of ether oxygens (including phenoxy) is 2. The fourth-order valence-corrected chi connectivity index (χ4v) is 5.19. The number of rotatable bonds is 16. The summed E-state index contributed by atoms with van der Waals surface area (Å²) in [5, 5.41) is 11.1. The predicted molar refractivity (Wildman–Crippen MR) is 147 cm³/mol. The molecule has 2 unspecified atom stereocenters. The number of hydrogen-bond donors (Lipinski definition) is 1. The first-order valence-electron chi connectivity index (χ1n) is 13.6. The van der Waals surface area contributed by atoms with Crippen molar-refractivity contribution in [1.82, 2.24) is 0 Å². The third-order valence-corrected chi connectivity index (χ3v) is 7.52. The summed E-state index contributed by atoms with van der Waals surface area (Å²) in [6.45, 7) is 17.7. The molecule has 3 atom stereocenters. The van der Waals surface area contributed by atoms with Crippen LogP contribution < -0.4 is 9.47 Å². The van der Waals surface area contributed by atoms with Crippen LogP contribution in [0.3, 0.4) is 0 Å². The summed E-state index contributed by atoms with van der Waals surface area (Å²) in [7, 11) is 3.36. The van der Waals surface area contributed by atoms with Crippen LogP contribution in [0.5, 0.6) is 11.5 Å². The maximum absolute atomic E-state index is 11.1. The monoisotopic (exact) mass is 474 g/mol. The van der Waals surface area contributed by atoms with Gasteiger partial charge in [-0.1, -0.05) is 84.3 Å². The summed E-state index contributed by atoms with van der Waals surface area (Å²) >= 11 is 0. The molecule has 0 radical (unpaired) electrons. The van der Waals surface area contributed by atoms with E-state index in [2.05, 4.69) is 34.6 Å². The van der Waals surface area contributed by atoms with Crippen LogP contribution in [0.15, 0.2) is 11.6 Å². The van der Waals surface area contributed by atoms with Gasteiger partial charge in [-0.15, -0.1) is 0 Å². The molecule has 3 nitrogen and oxygen atoms in total. The zero-order valence-electron chi connectivity index (χ0n) is 24.0. The van der Waals surface area contributed by atoms with Crippen molar-refractivity contribution in [2.75, 3.05) is 14.2 Å². The molecule has 196 valence electrons. The third kappa shape index (κ3) is 9.64. The Kier molecular flexibility index (Phi) is 13.9. The van der Waals surface area contributed by atoms with Crippen LogP contribution in [0.4, 0.5) is 0 Å². The zero-order valence-corrected chi connectivity index (χ0v) is 24.0. The van der Waals surface area contributed by atoms with Crippen molar-refractivity contribution in [3.8, 4) is 11.5 Å². The molecule has 0 aliphatic carbocycles. The third-order valence-electron chi connectivity index (χ3n) is 7.52. The summed E-state index contributed by atoms with van der Waals surface area (Å²) in [6.07, 6.45) is 12.9. The first kappa shape index (κ1) is 30.6. The van der Waals surface area contributed by atoms with Gasteiger partial charge in [-0.2, -0.15) is 0 Å². The van der Waals surface area contributed by atoms with Crippen LogP contribution in [-0.4, -0.2) is 19.3 Å². The zero-order chi connectivity index (χ0) is 25.8. The van der Waals surface area contributed by atoms with Crippen LogP contribution in [0.25, 0.3) is 0 Å². The van der Waals surface area contributed by atoms with E-state index in [1.54, 1.807) is 14.2 Å². The lowest BCUT2D eigenvalue weighted by Gasteiger charge is -2.22. The molecule has 0 aliphatic heterocycles. The maximum atomic E-state index is 11.1.